The standard InChI is InChI=1S/C30H36F2N6O5/c1-18-21(26(34-36(18)6)28(39)37(7)41-8)13-14-42-27-22(10-11-23(31)25(27)32)19-9-12-24-33-15-20(38(24)16-19)17-35(5)29(40)43-30(2,3)4/h9-12,15-16H,13-14,17H2,1-8H3. The number of hydrogen-bond acceptors (Lipinski definition) is 7. The van der Waals surface area contributed by atoms with E-state index in [1.165, 1.54) is 25.1 Å². The predicted molar refractivity (Wildman–Crippen MR) is 154 cm³/mol. The van der Waals surface area contributed by atoms with Gasteiger partial charge in [-0.2, -0.15) is 9.49 Å². The third-order valence-electron chi connectivity index (χ3n) is 6.87. The molecule has 0 saturated heterocycles. The number of fused-ring (bicyclic) bond motifs is 1. The van der Waals surface area contributed by atoms with Crippen molar-refractivity contribution in [1.29, 1.82) is 0 Å². The molecular weight excluding hydrogens is 562 g/mol. The predicted octanol–water partition coefficient (Wildman–Crippen LogP) is 4.94. The number of carbonyl (C=O) groups is 2. The van der Waals surface area contributed by atoms with Gasteiger partial charge in [-0.3, -0.25) is 14.3 Å². The molecule has 0 bridgehead atoms. The number of ether oxygens (including phenoxy) is 2. The van der Waals surface area contributed by atoms with Crippen LogP contribution in [0.3, 0.4) is 0 Å². The minimum atomic E-state index is -1.13. The Bertz CT molecular complexity index is 1660. The number of nitrogens with zero attached hydrogens (tertiary/aromatic N) is 6. The Hall–Kier alpha value is -4.52. The van der Waals surface area contributed by atoms with Crippen LogP contribution < -0.4 is 4.74 Å². The van der Waals surface area contributed by atoms with E-state index in [0.29, 0.717) is 28.0 Å². The number of imidazole rings is 1. The normalized spacial score (nSPS) is 11.6. The molecule has 0 saturated carbocycles. The van der Waals surface area contributed by atoms with Gasteiger partial charge in [-0.05, 0) is 52.0 Å². The van der Waals surface area contributed by atoms with Gasteiger partial charge in [-0.15, -0.1) is 0 Å². The lowest BCUT2D eigenvalue weighted by molar-refractivity contribution is -0.0761. The highest BCUT2D eigenvalue weighted by molar-refractivity contribution is 5.93. The van der Waals surface area contributed by atoms with Crippen molar-refractivity contribution in [2.24, 2.45) is 7.05 Å². The highest BCUT2D eigenvalue weighted by Crippen LogP contribution is 2.34. The molecule has 0 fully saturated rings. The van der Waals surface area contributed by atoms with Gasteiger partial charge in [0.2, 0.25) is 5.82 Å². The smallest absolute Gasteiger partial charge is 0.410 e. The molecule has 1 aromatic carbocycles. The van der Waals surface area contributed by atoms with E-state index in [2.05, 4.69) is 10.1 Å². The number of aryl methyl sites for hydroxylation is 1. The Morgan fingerprint density at radius 1 is 1.09 bits per heavy atom. The molecule has 0 radical (unpaired) electrons. The van der Waals surface area contributed by atoms with Crippen LogP contribution in [0, 0.1) is 18.6 Å². The molecule has 4 rings (SSSR count). The Morgan fingerprint density at radius 2 is 1.81 bits per heavy atom. The van der Waals surface area contributed by atoms with Crippen LogP contribution in [0.1, 0.15) is 48.2 Å². The highest BCUT2D eigenvalue weighted by atomic mass is 19.2. The van der Waals surface area contributed by atoms with Crippen LogP contribution in [-0.2, 0) is 29.6 Å². The minimum Gasteiger partial charge on any atom is -0.489 e. The Balaban J connectivity index is 1.61. The topological polar surface area (TPSA) is 103 Å². The SMILES string of the molecule is CON(C)C(=O)c1nn(C)c(C)c1CCOc1c(-c2ccc3ncc(CN(C)C(=O)OC(C)(C)C)n3c2)ccc(F)c1F. The summed E-state index contributed by atoms with van der Waals surface area (Å²) in [5, 5.41) is 5.35. The summed E-state index contributed by atoms with van der Waals surface area (Å²) < 4.78 is 44.2. The van der Waals surface area contributed by atoms with E-state index < -0.39 is 29.2 Å². The number of pyridine rings is 1. The lowest BCUT2D eigenvalue weighted by atomic mass is 10.1. The number of hydrogen-bond donors (Lipinski definition) is 0. The summed E-state index contributed by atoms with van der Waals surface area (Å²) in [6.45, 7) is 7.31. The number of hydroxylamine groups is 2. The summed E-state index contributed by atoms with van der Waals surface area (Å²) >= 11 is 0. The Morgan fingerprint density at radius 3 is 2.49 bits per heavy atom. The monoisotopic (exact) mass is 598 g/mol. The lowest BCUT2D eigenvalue weighted by Crippen LogP contribution is -2.34. The molecule has 11 nitrogen and oxygen atoms in total. The molecule has 2 amide bonds. The van der Waals surface area contributed by atoms with Crippen LogP contribution in [0.15, 0.2) is 36.7 Å². The summed E-state index contributed by atoms with van der Waals surface area (Å²) in [6, 6.07) is 5.94. The summed E-state index contributed by atoms with van der Waals surface area (Å²) in [5.41, 5.74) is 3.01. The second-order valence-electron chi connectivity index (χ2n) is 11.1. The molecule has 3 heterocycles. The van der Waals surface area contributed by atoms with Gasteiger partial charge < -0.3 is 18.8 Å². The second kappa shape index (κ2) is 12.4. The molecule has 0 spiro atoms. The van der Waals surface area contributed by atoms with Gasteiger partial charge in [0, 0.05) is 56.1 Å². The summed E-state index contributed by atoms with van der Waals surface area (Å²) in [4.78, 5) is 36.1. The van der Waals surface area contributed by atoms with E-state index in [0.717, 1.165) is 16.8 Å². The average molecular weight is 599 g/mol. The summed E-state index contributed by atoms with van der Waals surface area (Å²) in [7, 11) is 6.17. The molecular formula is C30H36F2N6O5. The average Bonchev–Trinajstić information content (AvgIpc) is 3.48. The van der Waals surface area contributed by atoms with Crippen LogP contribution in [0.5, 0.6) is 5.75 Å². The number of rotatable bonds is 9. The van der Waals surface area contributed by atoms with Gasteiger partial charge in [0.1, 0.15) is 11.2 Å². The number of amides is 2. The fourth-order valence-electron chi connectivity index (χ4n) is 4.47. The summed E-state index contributed by atoms with van der Waals surface area (Å²) in [5.74, 6) is -2.90. The van der Waals surface area contributed by atoms with E-state index in [4.69, 9.17) is 14.3 Å². The molecule has 0 unspecified atom stereocenters. The first-order valence-corrected chi connectivity index (χ1v) is 13.6. The van der Waals surface area contributed by atoms with Gasteiger partial charge in [0.05, 0.1) is 32.2 Å². The fourth-order valence-corrected chi connectivity index (χ4v) is 4.47. The molecule has 43 heavy (non-hydrogen) atoms. The van der Waals surface area contributed by atoms with Crippen LogP contribution in [0.25, 0.3) is 16.8 Å². The Labute approximate surface area is 248 Å². The van der Waals surface area contributed by atoms with Crippen LogP contribution >= 0.6 is 0 Å². The number of aromatic nitrogens is 4. The van der Waals surface area contributed by atoms with Gasteiger partial charge in [-0.25, -0.2) is 19.2 Å². The maximum atomic E-state index is 15.2. The Kier molecular flexibility index (Phi) is 9.04. The molecule has 3 aromatic heterocycles. The zero-order chi connectivity index (χ0) is 31.6. The number of carbonyl (C=O) groups excluding carboxylic acids is 2. The number of benzene rings is 1. The van der Waals surface area contributed by atoms with Crippen LogP contribution in [0.2, 0.25) is 0 Å². The minimum absolute atomic E-state index is 0.0594. The second-order valence-corrected chi connectivity index (χ2v) is 11.1. The van der Waals surface area contributed by atoms with E-state index in [1.807, 2.05) is 0 Å². The number of halogens is 2. The highest BCUT2D eigenvalue weighted by Gasteiger charge is 2.24. The quantitative estimate of drug-likeness (QED) is 0.251. The van der Waals surface area contributed by atoms with Crippen LogP contribution in [0.4, 0.5) is 13.6 Å². The zero-order valence-corrected chi connectivity index (χ0v) is 25.6. The maximum absolute atomic E-state index is 15.2. The first-order valence-electron chi connectivity index (χ1n) is 13.6. The third kappa shape index (κ3) is 6.77. The first kappa shape index (κ1) is 31.4. The molecule has 0 aliphatic rings. The molecule has 0 atom stereocenters. The van der Waals surface area contributed by atoms with E-state index in [-0.39, 0.29) is 31.0 Å². The molecule has 0 aliphatic carbocycles. The van der Waals surface area contributed by atoms with Crippen molar-refractivity contribution in [3.8, 4) is 16.9 Å². The van der Waals surface area contributed by atoms with Gasteiger partial charge in [0.25, 0.3) is 5.91 Å². The molecule has 230 valence electrons. The van der Waals surface area contributed by atoms with Crippen molar-refractivity contribution in [2.45, 2.75) is 46.3 Å². The fraction of sp³-hybridized carbons (Fsp3) is 0.400. The molecule has 0 aliphatic heterocycles. The summed E-state index contributed by atoms with van der Waals surface area (Å²) in [6.07, 6.45) is 3.08. The van der Waals surface area contributed by atoms with Gasteiger partial charge in [-0.1, -0.05) is 0 Å². The van der Waals surface area contributed by atoms with Crippen molar-refractivity contribution in [3.63, 3.8) is 0 Å². The van der Waals surface area contributed by atoms with Crippen LogP contribution in [-0.4, -0.2) is 74.5 Å². The van der Waals surface area contributed by atoms with Crippen molar-refractivity contribution in [3.05, 3.63) is 70.9 Å². The van der Waals surface area contributed by atoms with Gasteiger partial charge >= 0.3 is 6.09 Å². The molecule has 0 N–H and O–H groups in total. The lowest BCUT2D eigenvalue weighted by Gasteiger charge is -2.24. The van der Waals surface area contributed by atoms with E-state index in [9.17, 15) is 14.0 Å². The van der Waals surface area contributed by atoms with E-state index in [1.54, 1.807) is 75.4 Å². The maximum Gasteiger partial charge on any atom is 0.410 e. The zero-order valence-electron chi connectivity index (χ0n) is 25.6. The molecule has 4 aromatic rings. The van der Waals surface area contributed by atoms with Gasteiger partial charge in [0.15, 0.2) is 17.3 Å². The van der Waals surface area contributed by atoms with Crippen molar-refractivity contribution in [1.82, 2.24) is 29.1 Å². The van der Waals surface area contributed by atoms with E-state index >= 15 is 4.39 Å². The largest absolute Gasteiger partial charge is 0.489 e. The van der Waals surface area contributed by atoms with Crippen molar-refractivity contribution in [2.75, 3.05) is 27.8 Å². The van der Waals surface area contributed by atoms with Crippen molar-refractivity contribution >= 4 is 17.6 Å². The molecule has 13 heteroatoms. The first-order chi connectivity index (χ1) is 20.2. The van der Waals surface area contributed by atoms with Crippen molar-refractivity contribution < 1.29 is 32.7 Å². The third-order valence-corrected chi connectivity index (χ3v) is 6.87.